The summed E-state index contributed by atoms with van der Waals surface area (Å²) in [5.41, 5.74) is 2.48. The fourth-order valence-electron chi connectivity index (χ4n) is 3.81. The molecule has 1 aromatic carbocycles. The Labute approximate surface area is 181 Å². The summed E-state index contributed by atoms with van der Waals surface area (Å²) in [6.45, 7) is 5.18. The molecule has 1 atom stereocenters. The van der Waals surface area contributed by atoms with Crippen molar-refractivity contribution in [3.8, 4) is 0 Å². The Morgan fingerprint density at radius 1 is 1.24 bits per heavy atom. The van der Waals surface area contributed by atoms with Gasteiger partial charge in [-0.3, -0.25) is 0 Å². The normalized spacial score (nSPS) is 16.0. The molecule has 0 saturated heterocycles. The van der Waals surface area contributed by atoms with Gasteiger partial charge in [-0.1, -0.05) is 37.6 Å². The summed E-state index contributed by atoms with van der Waals surface area (Å²) >= 11 is 5.82. The Hall–Kier alpha value is -2.14. The fourth-order valence-corrected chi connectivity index (χ4v) is 4.09. The quantitative estimate of drug-likeness (QED) is 0.404. The number of thiocarbonyl (C=S) groups is 1. The molecule has 1 heterocycles. The van der Waals surface area contributed by atoms with Crippen molar-refractivity contribution in [3.63, 3.8) is 0 Å². The second-order valence-electron chi connectivity index (χ2n) is 7.98. The molecule has 5 heteroatoms. The van der Waals surface area contributed by atoms with E-state index in [4.69, 9.17) is 12.2 Å². The predicted octanol–water partition coefficient (Wildman–Crippen LogP) is 5.67. The third kappa shape index (κ3) is 7.32. The van der Waals surface area contributed by atoms with Crippen molar-refractivity contribution in [2.75, 3.05) is 18.4 Å². The van der Waals surface area contributed by atoms with Gasteiger partial charge < -0.3 is 14.8 Å². The van der Waals surface area contributed by atoms with Gasteiger partial charge in [-0.05, 0) is 74.4 Å². The average Bonchev–Trinajstić information content (AvgIpc) is 3.27. The van der Waals surface area contributed by atoms with Crippen LogP contribution in [0.5, 0.6) is 0 Å². The smallest absolute Gasteiger partial charge is 0.173 e. The SMILES string of the molecule is CCCCc1ccc(NC(=S)N(CCCn2ccnc2)CC2CC=CCC2)cc1. The third-order valence-corrected chi connectivity index (χ3v) is 5.93. The van der Waals surface area contributed by atoms with Gasteiger partial charge >= 0.3 is 0 Å². The van der Waals surface area contributed by atoms with Gasteiger partial charge in [0.1, 0.15) is 0 Å². The Morgan fingerprint density at radius 3 is 2.79 bits per heavy atom. The van der Waals surface area contributed by atoms with Crippen LogP contribution in [0, 0.1) is 5.92 Å². The molecule has 4 nitrogen and oxygen atoms in total. The monoisotopic (exact) mass is 410 g/mol. The number of nitrogens with zero attached hydrogens (tertiary/aromatic N) is 3. The molecular formula is C24H34N4S. The molecule has 0 fully saturated rings. The van der Waals surface area contributed by atoms with Crippen molar-refractivity contribution < 1.29 is 0 Å². The molecule has 29 heavy (non-hydrogen) atoms. The summed E-state index contributed by atoms with van der Waals surface area (Å²) in [5.74, 6) is 0.685. The molecule has 0 amide bonds. The topological polar surface area (TPSA) is 33.1 Å². The van der Waals surface area contributed by atoms with E-state index in [9.17, 15) is 0 Å². The van der Waals surface area contributed by atoms with Crippen molar-refractivity contribution in [2.45, 2.75) is 58.4 Å². The predicted molar refractivity (Wildman–Crippen MR) is 126 cm³/mol. The molecule has 1 aliphatic carbocycles. The molecule has 0 radical (unpaired) electrons. The lowest BCUT2D eigenvalue weighted by Crippen LogP contribution is -2.39. The first-order chi connectivity index (χ1) is 14.2. The van der Waals surface area contributed by atoms with Crippen LogP contribution < -0.4 is 5.32 Å². The van der Waals surface area contributed by atoms with Gasteiger partial charge in [-0.25, -0.2) is 4.98 Å². The molecule has 0 bridgehead atoms. The maximum atomic E-state index is 5.82. The van der Waals surface area contributed by atoms with Crippen LogP contribution in [0.25, 0.3) is 0 Å². The minimum absolute atomic E-state index is 0.685. The fraction of sp³-hybridized carbons (Fsp3) is 0.500. The van der Waals surface area contributed by atoms with Crippen LogP contribution in [-0.2, 0) is 13.0 Å². The maximum absolute atomic E-state index is 5.82. The molecule has 1 aromatic heterocycles. The molecule has 0 aliphatic heterocycles. The van der Waals surface area contributed by atoms with E-state index in [2.05, 4.69) is 63.1 Å². The van der Waals surface area contributed by atoms with Crippen molar-refractivity contribution in [2.24, 2.45) is 5.92 Å². The van der Waals surface area contributed by atoms with Gasteiger partial charge in [0.25, 0.3) is 0 Å². The maximum Gasteiger partial charge on any atom is 0.173 e. The minimum atomic E-state index is 0.685. The van der Waals surface area contributed by atoms with Crippen molar-refractivity contribution >= 4 is 23.0 Å². The zero-order chi connectivity index (χ0) is 20.3. The molecule has 3 rings (SSSR count). The van der Waals surface area contributed by atoms with Crippen LogP contribution >= 0.6 is 12.2 Å². The highest BCUT2D eigenvalue weighted by atomic mass is 32.1. The number of unbranched alkanes of at least 4 members (excludes halogenated alkanes) is 1. The summed E-state index contributed by atoms with van der Waals surface area (Å²) in [6.07, 6.45) is 18.6. The summed E-state index contributed by atoms with van der Waals surface area (Å²) in [4.78, 5) is 6.50. The lowest BCUT2D eigenvalue weighted by molar-refractivity contribution is 0.316. The average molecular weight is 411 g/mol. The van der Waals surface area contributed by atoms with Gasteiger partial charge in [-0.2, -0.15) is 0 Å². The van der Waals surface area contributed by atoms with E-state index in [0.717, 1.165) is 49.7 Å². The van der Waals surface area contributed by atoms with Crippen molar-refractivity contribution in [1.29, 1.82) is 0 Å². The van der Waals surface area contributed by atoms with Crippen molar-refractivity contribution in [1.82, 2.24) is 14.5 Å². The Bertz CT molecular complexity index is 752. The molecule has 1 N–H and O–H groups in total. The van der Waals surface area contributed by atoms with E-state index in [1.807, 2.05) is 18.7 Å². The first-order valence-electron chi connectivity index (χ1n) is 11.0. The highest BCUT2D eigenvalue weighted by Crippen LogP contribution is 2.20. The lowest BCUT2D eigenvalue weighted by atomic mass is 9.94. The van der Waals surface area contributed by atoms with E-state index < -0.39 is 0 Å². The number of rotatable bonds is 10. The number of hydrogen-bond acceptors (Lipinski definition) is 2. The van der Waals surface area contributed by atoms with Crippen LogP contribution in [0.4, 0.5) is 5.69 Å². The van der Waals surface area contributed by atoms with Crippen molar-refractivity contribution in [3.05, 3.63) is 60.7 Å². The second-order valence-corrected chi connectivity index (χ2v) is 8.37. The van der Waals surface area contributed by atoms with Gasteiger partial charge in [0.15, 0.2) is 5.11 Å². The van der Waals surface area contributed by atoms with Crippen LogP contribution in [0.1, 0.15) is 51.0 Å². The molecule has 0 spiro atoms. The molecule has 1 aliphatic rings. The van der Waals surface area contributed by atoms with E-state index in [-0.39, 0.29) is 0 Å². The van der Waals surface area contributed by atoms with Gasteiger partial charge in [0.05, 0.1) is 6.33 Å². The Balaban J connectivity index is 1.56. The van der Waals surface area contributed by atoms with E-state index in [0.29, 0.717) is 5.92 Å². The molecule has 1 unspecified atom stereocenters. The minimum Gasteiger partial charge on any atom is -0.349 e. The molecule has 2 aromatic rings. The molecular weight excluding hydrogens is 376 g/mol. The largest absolute Gasteiger partial charge is 0.349 e. The lowest BCUT2D eigenvalue weighted by Gasteiger charge is -2.30. The summed E-state index contributed by atoms with van der Waals surface area (Å²) in [6, 6.07) is 8.75. The summed E-state index contributed by atoms with van der Waals surface area (Å²) < 4.78 is 2.13. The number of aryl methyl sites for hydroxylation is 2. The third-order valence-electron chi connectivity index (χ3n) is 5.57. The van der Waals surface area contributed by atoms with Crippen LogP contribution in [0.15, 0.2) is 55.1 Å². The number of imidazole rings is 1. The van der Waals surface area contributed by atoms with E-state index in [1.165, 1.54) is 31.2 Å². The summed E-state index contributed by atoms with van der Waals surface area (Å²) in [5, 5.41) is 4.32. The Morgan fingerprint density at radius 2 is 2.10 bits per heavy atom. The van der Waals surface area contributed by atoms with Crippen LogP contribution in [0.3, 0.4) is 0 Å². The van der Waals surface area contributed by atoms with E-state index in [1.54, 1.807) is 0 Å². The van der Waals surface area contributed by atoms with Gasteiger partial charge in [0, 0.05) is 37.7 Å². The Kier molecular flexibility index (Phi) is 8.75. The standard InChI is InChI=1S/C24H34N4S/c1-2-3-8-21-11-13-23(14-12-21)26-24(29)28(19-22-9-5-4-6-10-22)17-7-16-27-18-15-25-20-27/h4-5,11-15,18,20,22H,2-3,6-10,16-17,19H2,1H3,(H,26,29). The van der Waals surface area contributed by atoms with Crippen LogP contribution in [-0.4, -0.2) is 32.7 Å². The zero-order valence-corrected chi connectivity index (χ0v) is 18.4. The first-order valence-corrected chi connectivity index (χ1v) is 11.4. The number of anilines is 1. The zero-order valence-electron chi connectivity index (χ0n) is 17.6. The number of hydrogen-bond donors (Lipinski definition) is 1. The first kappa shape index (κ1) is 21.6. The number of benzene rings is 1. The molecule has 156 valence electrons. The number of nitrogens with one attached hydrogen (secondary N) is 1. The number of aromatic nitrogens is 2. The van der Waals surface area contributed by atoms with E-state index >= 15 is 0 Å². The highest BCUT2D eigenvalue weighted by Gasteiger charge is 2.17. The second kappa shape index (κ2) is 11.8. The summed E-state index contributed by atoms with van der Waals surface area (Å²) in [7, 11) is 0. The van der Waals surface area contributed by atoms with Crippen LogP contribution in [0.2, 0.25) is 0 Å². The number of allylic oxidation sites excluding steroid dienone is 2. The van der Waals surface area contributed by atoms with Gasteiger partial charge in [0.2, 0.25) is 0 Å². The molecule has 0 saturated carbocycles. The van der Waals surface area contributed by atoms with Gasteiger partial charge in [-0.15, -0.1) is 0 Å². The highest BCUT2D eigenvalue weighted by molar-refractivity contribution is 7.80.